The molecular weight excluding hydrogens is 306 g/mol. The third kappa shape index (κ3) is 3.66. The highest BCUT2D eigenvalue weighted by molar-refractivity contribution is 5.95. The van der Waals surface area contributed by atoms with Crippen molar-refractivity contribution in [3.63, 3.8) is 0 Å². The lowest BCUT2D eigenvalue weighted by Crippen LogP contribution is -2.29. The smallest absolute Gasteiger partial charge is 0.339 e. The quantitative estimate of drug-likeness (QED) is 0.610. The van der Waals surface area contributed by atoms with E-state index in [1.807, 2.05) is 12.1 Å². The molecule has 3 rings (SSSR count). The number of cyclic esters (lactones) is 1. The normalized spacial score (nSPS) is 21.0. The molecule has 0 saturated carbocycles. The highest BCUT2D eigenvalue weighted by atomic mass is 16.5. The molecule has 1 atom stereocenters. The number of anilines is 1. The maximum atomic E-state index is 11.9. The zero-order chi connectivity index (χ0) is 16.9. The van der Waals surface area contributed by atoms with E-state index in [1.54, 1.807) is 7.11 Å². The maximum Gasteiger partial charge on any atom is 0.339 e. The number of fused-ring (bicyclic) bond motifs is 1. The number of nitrogens with zero attached hydrogens (tertiary/aromatic N) is 1. The topological polar surface area (TPSA) is 48.0 Å². The molecule has 0 aromatic heterocycles. The van der Waals surface area contributed by atoms with Crippen LogP contribution in [0, 0.1) is 5.92 Å². The first-order valence-electron chi connectivity index (χ1n) is 8.90. The van der Waals surface area contributed by atoms with E-state index in [9.17, 15) is 4.79 Å². The molecule has 1 aromatic rings. The second-order valence-electron chi connectivity index (χ2n) is 6.73. The Morgan fingerprint density at radius 1 is 1.21 bits per heavy atom. The summed E-state index contributed by atoms with van der Waals surface area (Å²) in [5, 5.41) is 0. The number of hydrogen-bond donors (Lipinski definition) is 0. The van der Waals surface area contributed by atoms with Gasteiger partial charge < -0.3 is 19.1 Å². The van der Waals surface area contributed by atoms with E-state index in [2.05, 4.69) is 11.8 Å². The van der Waals surface area contributed by atoms with E-state index in [0.717, 1.165) is 36.0 Å². The van der Waals surface area contributed by atoms with Crippen molar-refractivity contribution in [3.05, 3.63) is 23.3 Å². The van der Waals surface area contributed by atoms with Gasteiger partial charge in [-0.1, -0.05) is 19.8 Å². The molecule has 5 nitrogen and oxygen atoms in total. The lowest BCUT2D eigenvalue weighted by molar-refractivity contribution is 0.0533. The SMILES string of the molecule is COCCOc1c(N2CCCCC(C)CC2)ccc2c1COC2=O. The average Bonchev–Trinajstić information content (AvgIpc) is 2.94. The number of esters is 1. The van der Waals surface area contributed by atoms with Crippen LogP contribution in [0.2, 0.25) is 0 Å². The molecule has 0 amide bonds. The Hall–Kier alpha value is -1.75. The lowest BCUT2D eigenvalue weighted by atomic mass is 9.97. The molecule has 1 unspecified atom stereocenters. The zero-order valence-electron chi connectivity index (χ0n) is 14.7. The van der Waals surface area contributed by atoms with Crippen LogP contribution in [-0.2, 0) is 16.1 Å². The van der Waals surface area contributed by atoms with Crippen molar-refractivity contribution in [2.45, 2.75) is 39.2 Å². The summed E-state index contributed by atoms with van der Waals surface area (Å²) in [6, 6.07) is 3.89. The van der Waals surface area contributed by atoms with Gasteiger partial charge in [-0.15, -0.1) is 0 Å². The second-order valence-corrected chi connectivity index (χ2v) is 6.73. The van der Waals surface area contributed by atoms with Crippen LogP contribution in [0.15, 0.2) is 12.1 Å². The maximum absolute atomic E-state index is 11.9. The van der Waals surface area contributed by atoms with Crippen LogP contribution in [-0.4, -0.2) is 39.4 Å². The van der Waals surface area contributed by atoms with Gasteiger partial charge in [0.15, 0.2) is 0 Å². The van der Waals surface area contributed by atoms with Crippen LogP contribution in [0.3, 0.4) is 0 Å². The number of methoxy groups -OCH3 is 1. The molecule has 5 heteroatoms. The minimum Gasteiger partial charge on any atom is -0.489 e. The highest BCUT2D eigenvalue weighted by Gasteiger charge is 2.28. The first kappa shape index (κ1) is 17.1. The second kappa shape index (κ2) is 7.88. The molecular formula is C19H27NO4. The summed E-state index contributed by atoms with van der Waals surface area (Å²) in [7, 11) is 1.66. The Bertz CT molecular complexity index is 587. The van der Waals surface area contributed by atoms with E-state index < -0.39 is 0 Å². The molecule has 132 valence electrons. The number of carbonyl (C=O) groups excluding carboxylic acids is 1. The summed E-state index contributed by atoms with van der Waals surface area (Å²) < 4.78 is 16.3. The van der Waals surface area contributed by atoms with Crippen LogP contribution in [0.4, 0.5) is 5.69 Å². The number of rotatable bonds is 5. The fourth-order valence-corrected chi connectivity index (χ4v) is 3.47. The summed E-state index contributed by atoms with van der Waals surface area (Å²) in [4.78, 5) is 14.3. The van der Waals surface area contributed by atoms with Crippen LogP contribution in [0.5, 0.6) is 5.75 Å². The molecule has 0 bridgehead atoms. The Kier molecular flexibility index (Phi) is 5.61. The van der Waals surface area contributed by atoms with Crippen LogP contribution in [0.25, 0.3) is 0 Å². The number of carbonyl (C=O) groups is 1. The van der Waals surface area contributed by atoms with Crippen LogP contribution in [0.1, 0.15) is 48.5 Å². The van der Waals surface area contributed by atoms with Gasteiger partial charge in [0.05, 0.1) is 17.9 Å². The van der Waals surface area contributed by atoms with Crippen molar-refractivity contribution in [1.82, 2.24) is 0 Å². The first-order valence-corrected chi connectivity index (χ1v) is 8.90. The van der Waals surface area contributed by atoms with Gasteiger partial charge in [-0.2, -0.15) is 0 Å². The fourth-order valence-electron chi connectivity index (χ4n) is 3.47. The summed E-state index contributed by atoms with van der Waals surface area (Å²) in [5.41, 5.74) is 2.59. The summed E-state index contributed by atoms with van der Waals surface area (Å²) in [6.07, 6.45) is 4.96. The van der Waals surface area contributed by atoms with Crippen molar-refractivity contribution in [1.29, 1.82) is 0 Å². The van der Waals surface area contributed by atoms with Gasteiger partial charge >= 0.3 is 5.97 Å². The van der Waals surface area contributed by atoms with Gasteiger partial charge in [0.25, 0.3) is 0 Å². The van der Waals surface area contributed by atoms with Crippen LogP contribution < -0.4 is 9.64 Å². The first-order chi connectivity index (χ1) is 11.7. The average molecular weight is 333 g/mol. The van der Waals surface area contributed by atoms with Gasteiger partial charge in [0.2, 0.25) is 0 Å². The minimum atomic E-state index is -0.255. The van der Waals surface area contributed by atoms with Gasteiger partial charge in [0, 0.05) is 25.8 Å². The number of ether oxygens (including phenoxy) is 3. The largest absolute Gasteiger partial charge is 0.489 e. The predicted molar refractivity (Wildman–Crippen MR) is 92.8 cm³/mol. The Labute approximate surface area is 143 Å². The molecule has 0 aliphatic carbocycles. The number of benzene rings is 1. The molecule has 2 aliphatic heterocycles. The minimum absolute atomic E-state index is 0.255. The van der Waals surface area contributed by atoms with Crippen molar-refractivity contribution in [3.8, 4) is 5.75 Å². The van der Waals surface area contributed by atoms with Crippen molar-refractivity contribution in [2.24, 2.45) is 5.92 Å². The van der Waals surface area contributed by atoms with Crippen molar-refractivity contribution < 1.29 is 19.0 Å². The Balaban J connectivity index is 1.89. The third-order valence-electron chi connectivity index (χ3n) is 4.95. The Morgan fingerprint density at radius 3 is 2.92 bits per heavy atom. The molecule has 1 saturated heterocycles. The molecule has 2 aliphatic rings. The molecule has 0 spiro atoms. The molecule has 24 heavy (non-hydrogen) atoms. The third-order valence-corrected chi connectivity index (χ3v) is 4.95. The predicted octanol–water partition coefficient (Wildman–Crippen LogP) is 3.40. The van der Waals surface area contributed by atoms with E-state index in [1.165, 1.54) is 25.7 Å². The molecule has 1 aromatic carbocycles. The summed E-state index contributed by atoms with van der Waals surface area (Å²) >= 11 is 0. The van der Waals surface area contributed by atoms with E-state index >= 15 is 0 Å². The van der Waals surface area contributed by atoms with Crippen LogP contribution >= 0.6 is 0 Å². The number of hydrogen-bond acceptors (Lipinski definition) is 5. The van der Waals surface area contributed by atoms with Crippen molar-refractivity contribution in [2.75, 3.05) is 38.3 Å². The summed E-state index contributed by atoms with van der Waals surface area (Å²) in [6.45, 7) is 5.67. The van der Waals surface area contributed by atoms with Gasteiger partial charge in [-0.05, 0) is 30.9 Å². The molecule has 1 fully saturated rings. The zero-order valence-corrected chi connectivity index (χ0v) is 14.7. The standard InChI is InChI=1S/C19H27NO4/c1-14-5-3-4-9-20(10-8-14)17-7-6-15-16(13-24-19(15)21)18(17)23-12-11-22-2/h6-7,14H,3-5,8-13H2,1-2H3. The molecule has 0 N–H and O–H groups in total. The van der Waals surface area contributed by atoms with E-state index in [-0.39, 0.29) is 5.97 Å². The fraction of sp³-hybridized carbons (Fsp3) is 0.632. The monoisotopic (exact) mass is 333 g/mol. The van der Waals surface area contributed by atoms with E-state index in [4.69, 9.17) is 14.2 Å². The Morgan fingerprint density at radius 2 is 2.08 bits per heavy atom. The van der Waals surface area contributed by atoms with Gasteiger partial charge in [0.1, 0.15) is 19.0 Å². The van der Waals surface area contributed by atoms with Gasteiger partial charge in [-0.3, -0.25) is 0 Å². The molecule has 2 heterocycles. The lowest BCUT2D eigenvalue weighted by Gasteiger charge is -2.31. The van der Waals surface area contributed by atoms with Crippen molar-refractivity contribution >= 4 is 11.7 Å². The highest BCUT2D eigenvalue weighted by Crippen LogP contribution is 2.39. The van der Waals surface area contributed by atoms with Gasteiger partial charge in [-0.25, -0.2) is 4.79 Å². The van der Waals surface area contributed by atoms with E-state index in [0.29, 0.717) is 25.4 Å². The summed E-state index contributed by atoms with van der Waals surface area (Å²) in [5.74, 6) is 1.29. The molecule has 0 radical (unpaired) electrons.